The smallest absolute Gasteiger partial charge is 0.257 e. The minimum atomic E-state index is -3.24. The number of carbonyl (C=O) groups is 1. The maximum Gasteiger partial charge on any atom is 0.257 e. The van der Waals surface area contributed by atoms with Crippen LogP contribution in [0.5, 0.6) is 0 Å². The molecule has 0 bridgehead atoms. The molecule has 2 fully saturated rings. The van der Waals surface area contributed by atoms with Crippen LogP contribution in [0.3, 0.4) is 0 Å². The first-order valence-electron chi connectivity index (χ1n) is 8.25. The zero-order valence-electron chi connectivity index (χ0n) is 14.1. The lowest BCUT2D eigenvalue weighted by Crippen LogP contribution is -2.55. The summed E-state index contributed by atoms with van der Waals surface area (Å²) in [6, 6.07) is -0.226. The summed E-state index contributed by atoms with van der Waals surface area (Å²) in [5.74, 6) is 0.181. The molecule has 1 atom stereocenters. The molecule has 0 spiro atoms. The molecule has 24 heavy (non-hydrogen) atoms. The van der Waals surface area contributed by atoms with Gasteiger partial charge in [0, 0.05) is 44.8 Å². The van der Waals surface area contributed by atoms with Gasteiger partial charge in [-0.2, -0.15) is 9.40 Å². The van der Waals surface area contributed by atoms with Crippen LogP contribution in [0.4, 0.5) is 0 Å². The molecule has 0 aromatic carbocycles. The van der Waals surface area contributed by atoms with Gasteiger partial charge in [-0.05, 0) is 19.8 Å². The molecule has 0 aliphatic carbocycles. The number of carbonyl (C=O) groups excluding carboxylic acids is 1. The third-order valence-corrected chi connectivity index (χ3v) is 6.20. The van der Waals surface area contributed by atoms with Crippen molar-refractivity contribution in [3.8, 4) is 0 Å². The number of aromatic amines is 1. The highest BCUT2D eigenvalue weighted by atomic mass is 32.2. The Bertz CT molecular complexity index is 696. The number of sulfonamides is 1. The molecule has 1 N–H and O–H groups in total. The number of hydrogen-bond acceptors (Lipinski definition) is 5. The molecule has 0 radical (unpaired) electrons. The number of aromatic nitrogens is 2. The maximum absolute atomic E-state index is 12.9. The summed E-state index contributed by atoms with van der Waals surface area (Å²) in [5, 5.41) is 7.05. The van der Waals surface area contributed by atoms with Gasteiger partial charge in [0.2, 0.25) is 10.0 Å². The summed E-state index contributed by atoms with van der Waals surface area (Å²) < 4.78 is 30.3. The topological polar surface area (TPSA) is 95.6 Å². The van der Waals surface area contributed by atoms with Crippen LogP contribution in [-0.4, -0.2) is 78.9 Å². The average Bonchev–Trinajstić information content (AvgIpc) is 3.03. The molecule has 3 heterocycles. The predicted octanol–water partition coefficient (Wildman–Crippen LogP) is 0.410. The molecule has 0 unspecified atom stereocenters. The molecule has 8 nitrogen and oxygen atoms in total. The quantitative estimate of drug-likeness (QED) is 0.846. The van der Waals surface area contributed by atoms with E-state index in [1.54, 1.807) is 11.1 Å². The monoisotopic (exact) mass is 356 g/mol. The van der Waals surface area contributed by atoms with Gasteiger partial charge in [0.05, 0.1) is 23.7 Å². The number of ether oxygens (including phenoxy) is 1. The van der Waals surface area contributed by atoms with Gasteiger partial charge in [-0.1, -0.05) is 0 Å². The number of piperazine rings is 1. The van der Waals surface area contributed by atoms with Crippen molar-refractivity contribution in [3.63, 3.8) is 0 Å². The number of hydrogen-bond donors (Lipinski definition) is 1. The Morgan fingerprint density at radius 2 is 2.04 bits per heavy atom. The van der Waals surface area contributed by atoms with E-state index in [4.69, 9.17) is 4.74 Å². The van der Waals surface area contributed by atoms with Gasteiger partial charge in [-0.25, -0.2) is 8.42 Å². The Hall–Kier alpha value is -1.45. The van der Waals surface area contributed by atoms with Crippen LogP contribution >= 0.6 is 0 Å². The number of amides is 1. The summed E-state index contributed by atoms with van der Waals surface area (Å²) in [5.41, 5.74) is 1.48. The largest absolute Gasteiger partial charge is 0.381 e. The first-order chi connectivity index (χ1) is 11.4. The van der Waals surface area contributed by atoms with E-state index in [-0.39, 0.29) is 17.9 Å². The molecular formula is C15H24N4O4S. The second kappa shape index (κ2) is 6.81. The van der Waals surface area contributed by atoms with E-state index in [1.807, 2.05) is 6.92 Å². The van der Waals surface area contributed by atoms with Crippen LogP contribution in [0, 0.1) is 0 Å². The van der Waals surface area contributed by atoms with Crippen LogP contribution in [0.15, 0.2) is 6.20 Å². The van der Waals surface area contributed by atoms with Crippen molar-refractivity contribution in [3.05, 3.63) is 17.5 Å². The number of nitrogens with zero attached hydrogens (tertiary/aromatic N) is 3. The summed E-state index contributed by atoms with van der Waals surface area (Å²) in [6.07, 6.45) is 4.54. The second-order valence-electron chi connectivity index (χ2n) is 6.56. The van der Waals surface area contributed by atoms with Crippen LogP contribution in [-0.2, 0) is 14.8 Å². The van der Waals surface area contributed by atoms with Gasteiger partial charge >= 0.3 is 0 Å². The number of H-pyrrole nitrogens is 1. The highest BCUT2D eigenvalue weighted by molar-refractivity contribution is 7.88. The van der Waals surface area contributed by atoms with Gasteiger partial charge in [-0.3, -0.25) is 9.89 Å². The molecule has 1 amide bonds. The van der Waals surface area contributed by atoms with E-state index < -0.39 is 10.0 Å². The van der Waals surface area contributed by atoms with Crippen molar-refractivity contribution in [2.45, 2.75) is 31.7 Å². The van der Waals surface area contributed by atoms with Crippen LogP contribution < -0.4 is 0 Å². The molecule has 2 aliphatic rings. The van der Waals surface area contributed by atoms with Crippen molar-refractivity contribution in [2.24, 2.45) is 0 Å². The minimum absolute atomic E-state index is 0.0785. The summed E-state index contributed by atoms with van der Waals surface area (Å²) in [7, 11) is -3.24. The lowest BCUT2D eigenvalue weighted by Gasteiger charge is -2.38. The van der Waals surface area contributed by atoms with E-state index >= 15 is 0 Å². The van der Waals surface area contributed by atoms with Crippen molar-refractivity contribution in [2.75, 3.05) is 39.1 Å². The number of nitrogens with one attached hydrogen (secondary N) is 1. The van der Waals surface area contributed by atoms with Gasteiger partial charge in [0.25, 0.3) is 5.91 Å². The third kappa shape index (κ3) is 3.47. The third-order valence-electron chi connectivity index (χ3n) is 4.81. The van der Waals surface area contributed by atoms with Gasteiger partial charge in [0.15, 0.2) is 0 Å². The Balaban J connectivity index is 1.73. The molecule has 2 saturated heterocycles. The van der Waals surface area contributed by atoms with Crippen LogP contribution in [0.2, 0.25) is 0 Å². The van der Waals surface area contributed by atoms with Gasteiger partial charge in [-0.15, -0.1) is 0 Å². The normalized spacial score (nSPS) is 24.2. The van der Waals surface area contributed by atoms with Gasteiger partial charge < -0.3 is 9.64 Å². The van der Waals surface area contributed by atoms with Crippen molar-refractivity contribution in [1.29, 1.82) is 0 Å². The van der Waals surface area contributed by atoms with Crippen molar-refractivity contribution in [1.82, 2.24) is 19.4 Å². The fraction of sp³-hybridized carbons (Fsp3) is 0.733. The summed E-state index contributed by atoms with van der Waals surface area (Å²) in [6.45, 7) is 4.34. The Labute approximate surface area is 142 Å². The molecule has 1 aromatic rings. The predicted molar refractivity (Wildman–Crippen MR) is 88.3 cm³/mol. The maximum atomic E-state index is 12.9. The van der Waals surface area contributed by atoms with Gasteiger partial charge in [0.1, 0.15) is 0 Å². The highest BCUT2D eigenvalue weighted by Gasteiger charge is 2.34. The number of rotatable bonds is 3. The summed E-state index contributed by atoms with van der Waals surface area (Å²) >= 11 is 0. The first-order valence-corrected chi connectivity index (χ1v) is 10.1. The van der Waals surface area contributed by atoms with E-state index in [0.29, 0.717) is 38.4 Å². The zero-order valence-corrected chi connectivity index (χ0v) is 14.9. The Kier molecular flexibility index (Phi) is 4.93. The Morgan fingerprint density at radius 1 is 1.33 bits per heavy atom. The van der Waals surface area contributed by atoms with E-state index in [9.17, 15) is 13.2 Å². The standard InChI is InChI=1S/C15H24N4O4S/c1-11-10-18(5-6-19(11)24(2,21)22)15(20)13-9-16-17-14(13)12-3-7-23-8-4-12/h9,11-12H,3-8,10H2,1-2H3,(H,16,17)/t11-/m0/s1. The Morgan fingerprint density at radius 3 is 2.67 bits per heavy atom. The molecule has 134 valence electrons. The van der Waals surface area contributed by atoms with Crippen molar-refractivity contribution < 1.29 is 17.9 Å². The lowest BCUT2D eigenvalue weighted by molar-refractivity contribution is 0.0634. The minimum Gasteiger partial charge on any atom is -0.381 e. The molecule has 3 rings (SSSR count). The first kappa shape index (κ1) is 17.4. The molecule has 0 saturated carbocycles. The van der Waals surface area contributed by atoms with Crippen molar-refractivity contribution >= 4 is 15.9 Å². The van der Waals surface area contributed by atoms with E-state index in [1.165, 1.54) is 10.6 Å². The molecule has 1 aromatic heterocycles. The fourth-order valence-electron chi connectivity index (χ4n) is 3.55. The molecular weight excluding hydrogens is 332 g/mol. The van der Waals surface area contributed by atoms with Crippen LogP contribution in [0.1, 0.15) is 41.7 Å². The molecule has 2 aliphatic heterocycles. The summed E-state index contributed by atoms with van der Waals surface area (Å²) in [4.78, 5) is 14.6. The SMILES string of the molecule is C[C@H]1CN(C(=O)c2cn[nH]c2C2CCOCC2)CCN1S(C)(=O)=O. The van der Waals surface area contributed by atoms with Crippen LogP contribution in [0.25, 0.3) is 0 Å². The zero-order chi connectivity index (χ0) is 17.3. The average molecular weight is 356 g/mol. The highest BCUT2D eigenvalue weighted by Crippen LogP contribution is 2.28. The fourth-order valence-corrected chi connectivity index (χ4v) is 4.69. The second-order valence-corrected chi connectivity index (χ2v) is 8.49. The van der Waals surface area contributed by atoms with E-state index in [0.717, 1.165) is 18.5 Å². The lowest BCUT2D eigenvalue weighted by atomic mass is 9.93. The van der Waals surface area contributed by atoms with E-state index in [2.05, 4.69) is 10.2 Å². The molecule has 9 heteroatoms.